The van der Waals surface area contributed by atoms with E-state index in [-0.39, 0.29) is 23.5 Å². The zero-order valence-electron chi connectivity index (χ0n) is 22.1. The number of benzene rings is 2. The monoisotopic (exact) mass is 555 g/mol. The van der Waals surface area contributed by atoms with Gasteiger partial charge in [-0.3, -0.25) is 9.69 Å². The van der Waals surface area contributed by atoms with Gasteiger partial charge in [0.1, 0.15) is 18.0 Å². The number of halogens is 3. The van der Waals surface area contributed by atoms with Crippen LogP contribution in [-0.4, -0.2) is 38.7 Å². The number of nitriles is 1. The van der Waals surface area contributed by atoms with Gasteiger partial charge in [-0.25, -0.2) is 4.98 Å². The lowest BCUT2D eigenvalue weighted by Crippen LogP contribution is -2.26. The van der Waals surface area contributed by atoms with Gasteiger partial charge in [0.15, 0.2) is 5.82 Å². The molecule has 2 aliphatic heterocycles. The van der Waals surface area contributed by atoms with Gasteiger partial charge in [0, 0.05) is 31.3 Å². The van der Waals surface area contributed by atoms with E-state index >= 15 is 0 Å². The Hall–Kier alpha value is -4.72. The average molecular weight is 556 g/mol. The molecule has 1 amide bonds. The zero-order chi connectivity index (χ0) is 28.5. The average Bonchev–Trinajstić information content (AvgIpc) is 3.23. The van der Waals surface area contributed by atoms with E-state index in [0.29, 0.717) is 33.7 Å². The van der Waals surface area contributed by atoms with Crippen LogP contribution in [0.1, 0.15) is 46.3 Å². The van der Waals surface area contributed by atoms with E-state index in [1.807, 2.05) is 13.1 Å². The molecule has 8 nitrogen and oxygen atoms in total. The predicted octanol–water partition coefficient (Wildman–Crippen LogP) is 5.59. The van der Waals surface area contributed by atoms with E-state index in [9.17, 15) is 23.2 Å². The molecular formula is C30H24F3N7O. The third-order valence-electron chi connectivity index (χ3n) is 8.48. The Morgan fingerprint density at radius 3 is 2.49 bits per heavy atom. The van der Waals surface area contributed by atoms with Crippen molar-refractivity contribution in [1.29, 1.82) is 5.26 Å². The molecule has 0 radical (unpaired) electrons. The van der Waals surface area contributed by atoms with Crippen LogP contribution in [0.2, 0.25) is 0 Å². The van der Waals surface area contributed by atoms with Crippen molar-refractivity contribution in [2.75, 3.05) is 22.9 Å². The summed E-state index contributed by atoms with van der Waals surface area (Å²) in [5.41, 5.74) is 1.97. The van der Waals surface area contributed by atoms with Crippen molar-refractivity contribution < 1.29 is 18.0 Å². The lowest BCUT2D eigenvalue weighted by molar-refractivity contribution is -0.138. The van der Waals surface area contributed by atoms with Crippen LogP contribution in [0.5, 0.6) is 0 Å². The van der Waals surface area contributed by atoms with Gasteiger partial charge in [-0.1, -0.05) is 6.07 Å². The standard InChI is InChI=1S/C30H24F3N7O/c1-38-17-35-37-27(38)20-6-5-18(14-34)11-22(20)19-12-25(39-10-9-29(16-39)7-8-29)36-26(13-19)40-15-23-21(28(40)41)3-2-4-24(23)30(31,32)33/h2-6,11-13,17H,7-10,15-16H2,1H3. The summed E-state index contributed by atoms with van der Waals surface area (Å²) in [5.74, 6) is 0.963. The Kier molecular flexibility index (Phi) is 5.48. The van der Waals surface area contributed by atoms with Crippen molar-refractivity contribution in [3.8, 4) is 28.6 Å². The number of pyridine rings is 1. The van der Waals surface area contributed by atoms with Crippen molar-refractivity contribution in [1.82, 2.24) is 19.7 Å². The number of fused-ring (bicyclic) bond motifs is 1. The number of alkyl halides is 3. The number of aryl methyl sites for hydroxylation is 1. The first-order valence-electron chi connectivity index (χ1n) is 13.3. The van der Waals surface area contributed by atoms with Crippen molar-refractivity contribution >= 4 is 17.5 Å². The number of carbonyl (C=O) groups excluding carboxylic acids is 1. The molecular weight excluding hydrogens is 531 g/mol. The maximum Gasteiger partial charge on any atom is 0.416 e. The molecule has 0 bridgehead atoms. The third kappa shape index (κ3) is 4.22. The normalized spacial score (nSPS) is 17.3. The molecule has 4 heterocycles. The van der Waals surface area contributed by atoms with Gasteiger partial charge in [-0.2, -0.15) is 18.4 Å². The minimum atomic E-state index is -4.58. The fraction of sp³-hybridized carbons (Fsp3) is 0.300. The van der Waals surface area contributed by atoms with Crippen LogP contribution in [0.3, 0.4) is 0 Å². The van der Waals surface area contributed by atoms with E-state index < -0.39 is 17.6 Å². The van der Waals surface area contributed by atoms with Crippen LogP contribution in [0.4, 0.5) is 24.8 Å². The summed E-state index contributed by atoms with van der Waals surface area (Å²) in [7, 11) is 1.82. The Morgan fingerprint density at radius 1 is 1.00 bits per heavy atom. The molecule has 11 heteroatoms. The largest absolute Gasteiger partial charge is 0.416 e. The SMILES string of the molecule is Cn1cnnc1-c1ccc(C#N)cc1-c1cc(N2CCC3(CC3)C2)nc(N2Cc3c(cccc3C(F)(F)F)C2=O)c1. The van der Waals surface area contributed by atoms with Crippen LogP contribution in [0, 0.1) is 16.7 Å². The molecule has 206 valence electrons. The number of amides is 1. The van der Waals surface area contributed by atoms with E-state index in [1.54, 1.807) is 35.2 Å². The Balaban J connectivity index is 1.39. The van der Waals surface area contributed by atoms with Crippen molar-refractivity contribution in [3.63, 3.8) is 0 Å². The number of hydrogen-bond donors (Lipinski definition) is 0. The molecule has 0 unspecified atom stereocenters. The second-order valence-electron chi connectivity index (χ2n) is 11.1. The molecule has 3 aliphatic rings. The van der Waals surface area contributed by atoms with Gasteiger partial charge in [0.25, 0.3) is 5.91 Å². The van der Waals surface area contributed by atoms with Gasteiger partial charge in [-0.15, -0.1) is 10.2 Å². The number of hydrogen-bond acceptors (Lipinski definition) is 6. The second kappa shape index (κ2) is 8.89. The van der Waals surface area contributed by atoms with E-state index in [0.717, 1.165) is 44.0 Å². The molecule has 2 aromatic heterocycles. The molecule has 2 aromatic carbocycles. The fourth-order valence-corrected chi connectivity index (χ4v) is 6.03. The topological polar surface area (TPSA) is 90.9 Å². The van der Waals surface area contributed by atoms with Gasteiger partial charge >= 0.3 is 6.18 Å². The van der Waals surface area contributed by atoms with E-state index in [2.05, 4.69) is 21.2 Å². The van der Waals surface area contributed by atoms with Crippen LogP contribution < -0.4 is 9.80 Å². The van der Waals surface area contributed by atoms with Crippen LogP contribution in [0.15, 0.2) is 54.9 Å². The molecule has 1 saturated carbocycles. The number of nitrogens with zero attached hydrogens (tertiary/aromatic N) is 7. The van der Waals surface area contributed by atoms with Crippen LogP contribution in [-0.2, 0) is 19.8 Å². The molecule has 1 aliphatic carbocycles. The minimum absolute atomic E-state index is 0.0259. The summed E-state index contributed by atoms with van der Waals surface area (Å²) in [6, 6.07) is 14.8. The third-order valence-corrected chi connectivity index (χ3v) is 8.48. The molecule has 4 aromatic rings. The quantitative estimate of drug-likeness (QED) is 0.326. The van der Waals surface area contributed by atoms with Gasteiger partial charge in [-0.05, 0) is 83.8 Å². The lowest BCUT2D eigenvalue weighted by atomic mass is 9.97. The van der Waals surface area contributed by atoms with Gasteiger partial charge in [0.2, 0.25) is 0 Å². The van der Waals surface area contributed by atoms with E-state index in [1.165, 1.54) is 17.0 Å². The first-order chi connectivity index (χ1) is 19.7. The zero-order valence-corrected chi connectivity index (χ0v) is 22.1. The smallest absolute Gasteiger partial charge is 0.356 e. The molecule has 0 atom stereocenters. The van der Waals surface area contributed by atoms with Crippen molar-refractivity contribution in [2.24, 2.45) is 12.5 Å². The summed E-state index contributed by atoms with van der Waals surface area (Å²) in [6.07, 6.45) is 0.371. The molecule has 7 rings (SSSR count). The number of aromatic nitrogens is 4. The predicted molar refractivity (Wildman–Crippen MR) is 145 cm³/mol. The Morgan fingerprint density at radius 2 is 1.80 bits per heavy atom. The maximum atomic E-state index is 13.8. The summed E-state index contributed by atoms with van der Waals surface area (Å²) in [4.78, 5) is 21.9. The highest BCUT2D eigenvalue weighted by Gasteiger charge is 2.48. The fourth-order valence-electron chi connectivity index (χ4n) is 6.03. The van der Waals surface area contributed by atoms with Crippen LogP contribution >= 0.6 is 0 Å². The van der Waals surface area contributed by atoms with E-state index in [4.69, 9.17) is 4.98 Å². The van der Waals surface area contributed by atoms with Crippen LogP contribution in [0.25, 0.3) is 22.5 Å². The molecule has 41 heavy (non-hydrogen) atoms. The maximum absolute atomic E-state index is 13.8. The lowest BCUT2D eigenvalue weighted by Gasteiger charge is -2.23. The minimum Gasteiger partial charge on any atom is -0.356 e. The summed E-state index contributed by atoms with van der Waals surface area (Å²) >= 11 is 0. The first kappa shape index (κ1) is 25.3. The van der Waals surface area contributed by atoms with Crippen molar-refractivity contribution in [2.45, 2.75) is 32.0 Å². The Bertz CT molecular complexity index is 1770. The van der Waals surface area contributed by atoms with Gasteiger partial charge < -0.3 is 9.47 Å². The molecule has 1 saturated heterocycles. The van der Waals surface area contributed by atoms with Gasteiger partial charge in [0.05, 0.1) is 23.7 Å². The number of anilines is 2. The summed E-state index contributed by atoms with van der Waals surface area (Å²) < 4.78 is 43.2. The van der Waals surface area contributed by atoms with Crippen molar-refractivity contribution in [3.05, 3.63) is 77.1 Å². The molecule has 1 spiro atoms. The second-order valence-corrected chi connectivity index (χ2v) is 11.1. The Labute approximate surface area is 233 Å². The summed E-state index contributed by atoms with van der Waals surface area (Å²) in [6.45, 7) is 1.40. The highest BCUT2D eigenvalue weighted by molar-refractivity contribution is 6.10. The highest BCUT2D eigenvalue weighted by Crippen LogP contribution is 2.53. The molecule has 0 N–H and O–H groups in total. The first-order valence-corrected chi connectivity index (χ1v) is 13.3. The molecule has 2 fully saturated rings. The number of carbonyl (C=O) groups is 1. The highest BCUT2D eigenvalue weighted by atomic mass is 19.4. The number of rotatable bonds is 4. The summed E-state index contributed by atoms with van der Waals surface area (Å²) in [5, 5.41) is 17.9.